The number of aromatic nitrogens is 1. The molecular weight excluding hydrogens is 379 g/mol. The maximum absolute atomic E-state index is 13.7. The lowest BCUT2D eigenvalue weighted by atomic mass is 9.99. The van der Waals surface area contributed by atoms with Crippen molar-refractivity contribution in [3.8, 4) is 22.4 Å². The average molecular weight is 387 g/mol. The van der Waals surface area contributed by atoms with E-state index >= 15 is 0 Å². The molecule has 3 aromatic rings. The summed E-state index contributed by atoms with van der Waals surface area (Å²) in [5, 5.41) is 1.83. The predicted octanol–water partition coefficient (Wildman–Crippen LogP) is 7.17. The Morgan fingerprint density at radius 3 is 1.65 bits per heavy atom. The van der Waals surface area contributed by atoms with Gasteiger partial charge in [0.15, 0.2) is 0 Å². The third kappa shape index (κ3) is 3.78. The monoisotopic (exact) mass is 385 g/mol. The van der Waals surface area contributed by atoms with Crippen LogP contribution in [0.4, 0.5) is 4.39 Å². The molecular formula is C17H8Cl4FN. The molecule has 0 amide bonds. The number of benzene rings is 2. The van der Waals surface area contributed by atoms with E-state index in [-0.39, 0.29) is 0 Å². The van der Waals surface area contributed by atoms with Gasteiger partial charge in [-0.15, -0.1) is 0 Å². The molecule has 0 aliphatic carbocycles. The topological polar surface area (TPSA) is 12.9 Å². The summed E-state index contributed by atoms with van der Waals surface area (Å²) in [4.78, 5) is 4.19. The molecule has 0 saturated heterocycles. The zero-order valence-electron chi connectivity index (χ0n) is 11.5. The van der Waals surface area contributed by atoms with Crippen LogP contribution in [0.5, 0.6) is 0 Å². The first-order valence-electron chi connectivity index (χ1n) is 6.51. The second-order valence-electron chi connectivity index (χ2n) is 4.87. The molecule has 0 fully saturated rings. The maximum Gasteiger partial charge on any atom is 0.142 e. The maximum atomic E-state index is 13.7. The lowest BCUT2D eigenvalue weighted by Crippen LogP contribution is -1.92. The van der Waals surface area contributed by atoms with Crippen molar-refractivity contribution in [3.63, 3.8) is 0 Å². The molecule has 1 heterocycles. The standard InChI is InChI=1S/C17H8Cl4FN/c18-11-1-9(2-12(19)5-11)16-7-15(22)8-23-17(16)10-3-13(20)6-14(21)4-10/h1-8H. The zero-order chi connectivity index (χ0) is 16.6. The van der Waals surface area contributed by atoms with Gasteiger partial charge in [0.05, 0.1) is 11.9 Å². The molecule has 0 radical (unpaired) electrons. The van der Waals surface area contributed by atoms with Crippen LogP contribution in [-0.4, -0.2) is 4.98 Å². The van der Waals surface area contributed by atoms with Crippen molar-refractivity contribution in [1.29, 1.82) is 0 Å². The van der Waals surface area contributed by atoms with Crippen LogP contribution in [0.25, 0.3) is 22.4 Å². The molecule has 0 N–H and O–H groups in total. The van der Waals surface area contributed by atoms with Crippen LogP contribution in [0.15, 0.2) is 48.7 Å². The van der Waals surface area contributed by atoms with Crippen LogP contribution in [0.2, 0.25) is 20.1 Å². The molecule has 2 aromatic carbocycles. The Hall–Kier alpha value is -1.32. The second kappa shape index (κ2) is 6.66. The van der Waals surface area contributed by atoms with Crippen LogP contribution < -0.4 is 0 Å². The Labute approximate surface area is 152 Å². The molecule has 3 rings (SSSR count). The van der Waals surface area contributed by atoms with E-state index in [2.05, 4.69) is 4.98 Å². The fourth-order valence-electron chi connectivity index (χ4n) is 2.29. The lowest BCUT2D eigenvalue weighted by Gasteiger charge is -2.11. The van der Waals surface area contributed by atoms with E-state index in [1.165, 1.54) is 6.07 Å². The largest absolute Gasteiger partial charge is 0.253 e. The summed E-state index contributed by atoms with van der Waals surface area (Å²) in [6.07, 6.45) is 1.14. The van der Waals surface area contributed by atoms with Crippen LogP contribution in [-0.2, 0) is 0 Å². The first-order valence-corrected chi connectivity index (χ1v) is 8.02. The first kappa shape index (κ1) is 16.5. The van der Waals surface area contributed by atoms with E-state index in [0.717, 1.165) is 6.20 Å². The van der Waals surface area contributed by atoms with Gasteiger partial charge in [-0.2, -0.15) is 0 Å². The van der Waals surface area contributed by atoms with Crippen LogP contribution in [0, 0.1) is 5.82 Å². The van der Waals surface area contributed by atoms with Gasteiger partial charge >= 0.3 is 0 Å². The SMILES string of the molecule is Fc1cnc(-c2cc(Cl)cc(Cl)c2)c(-c2cc(Cl)cc(Cl)c2)c1. The van der Waals surface area contributed by atoms with Crippen molar-refractivity contribution < 1.29 is 4.39 Å². The smallest absolute Gasteiger partial charge is 0.142 e. The molecule has 0 atom stereocenters. The van der Waals surface area contributed by atoms with E-state index in [1.54, 1.807) is 36.4 Å². The quantitative estimate of drug-likeness (QED) is 0.454. The third-order valence-corrected chi connectivity index (χ3v) is 4.04. The fourth-order valence-corrected chi connectivity index (χ4v) is 3.34. The normalized spacial score (nSPS) is 10.8. The molecule has 1 aromatic heterocycles. The minimum Gasteiger partial charge on any atom is -0.253 e. The van der Waals surface area contributed by atoms with E-state index in [4.69, 9.17) is 46.4 Å². The van der Waals surface area contributed by atoms with Gasteiger partial charge in [0.2, 0.25) is 0 Å². The fraction of sp³-hybridized carbons (Fsp3) is 0. The highest BCUT2D eigenvalue weighted by molar-refractivity contribution is 6.35. The van der Waals surface area contributed by atoms with Crippen molar-refractivity contribution in [2.24, 2.45) is 0 Å². The summed E-state index contributed by atoms with van der Waals surface area (Å²) in [6.45, 7) is 0. The van der Waals surface area contributed by atoms with Crippen molar-refractivity contribution >= 4 is 46.4 Å². The summed E-state index contributed by atoms with van der Waals surface area (Å²) in [5.41, 5.74) is 2.41. The van der Waals surface area contributed by atoms with Gasteiger partial charge in [-0.25, -0.2) is 4.39 Å². The van der Waals surface area contributed by atoms with Gasteiger partial charge in [-0.1, -0.05) is 46.4 Å². The first-order chi connectivity index (χ1) is 10.9. The minimum atomic E-state index is -0.465. The van der Waals surface area contributed by atoms with Gasteiger partial charge in [0, 0.05) is 31.2 Å². The van der Waals surface area contributed by atoms with Crippen LogP contribution >= 0.6 is 46.4 Å². The number of rotatable bonds is 2. The van der Waals surface area contributed by atoms with Crippen molar-refractivity contribution in [3.05, 3.63) is 74.6 Å². The Bertz CT molecular complexity index is 855. The molecule has 6 heteroatoms. The lowest BCUT2D eigenvalue weighted by molar-refractivity contribution is 0.622. The highest BCUT2D eigenvalue weighted by Gasteiger charge is 2.13. The Kier molecular flexibility index (Phi) is 4.79. The number of hydrogen-bond acceptors (Lipinski definition) is 1. The minimum absolute atomic E-state index is 0.451. The molecule has 0 aliphatic heterocycles. The number of hydrogen-bond donors (Lipinski definition) is 0. The molecule has 1 nitrogen and oxygen atoms in total. The molecule has 0 unspecified atom stereocenters. The Balaban J connectivity index is 2.26. The Morgan fingerprint density at radius 1 is 0.652 bits per heavy atom. The number of halogens is 5. The summed E-state index contributed by atoms with van der Waals surface area (Å²) in [6, 6.07) is 11.4. The van der Waals surface area contributed by atoms with Crippen molar-refractivity contribution in [2.45, 2.75) is 0 Å². The molecule has 116 valence electrons. The zero-order valence-corrected chi connectivity index (χ0v) is 14.5. The van der Waals surface area contributed by atoms with Gasteiger partial charge in [0.1, 0.15) is 5.82 Å². The number of nitrogens with zero attached hydrogens (tertiary/aromatic N) is 1. The van der Waals surface area contributed by atoms with Crippen LogP contribution in [0.1, 0.15) is 0 Å². The van der Waals surface area contributed by atoms with Gasteiger partial charge in [-0.05, 0) is 48.0 Å². The average Bonchev–Trinajstić information content (AvgIpc) is 2.45. The summed E-state index contributed by atoms with van der Waals surface area (Å²) < 4.78 is 13.7. The van der Waals surface area contributed by atoms with Gasteiger partial charge in [-0.3, -0.25) is 4.98 Å². The van der Waals surface area contributed by atoms with Gasteiger partial charge < -0.3 is 0 Å². The molecule has 0 saturated carbocycles. The Morgan fingerprint density at radius 2 is 1.13 bits per heavy atom. The molecule has 0 spiro atoms. The summed E-state index contributed by atoms with van der Waals surface area (Å²) in [5.74, 6) is -0.465. The predicted molar refractivity (Wildman–Crippen MR) is 95.1 cm³/mol. The molecule has 23 heavy (non-hydrogen) atoms. The van der Waals surface area contributed by atoms with Crippen molar-refractivity contribution in [1.82, 2.24) is 4.98 Å². The van der Waals surface area contributed by atoms with Crippen molar-refractivity contribution in [2.75, 3.05) is 0 Å². The van der Waals surface area contributed by atoms with Gasteiger partial charge in [0.25, 0.3) is 0 Å². The van der Waals surface area contributed by atoms with E-state index in [0.29, 0.717) is 42.5 Å². The van der Waals surface area contributed by atoms with E-state index in [1.807, 2.05) is 0 Å². The van der Waals surface area contributed by atoms with E-state index in [9.17, 15) is 4.39 Å². The highest BCUT2D eigenvalue weighted by atomic mass is 35.5. The second-order valence-corrected chi connectivity index (χ2v) is 6.61. The molecule has 0 aliphatic rings. The molecule has 0 bridgehead atoms. The van der Waals surface area contributed by atoms with Crippen LogP contribution in [0.3, 0.4) is 0 Å². The summed E-state index contributed by atoms with van der Waals surface area (Å²) >= 11 is 24.2. The number of pyridine rings is 1. The van der Waals surface area contributed by atoms with E-state index < -0.39 is 5.82 Å². The third-order valence-electron chi connectivity index (χ3n) is 3.16. The summed E-state index contributed by atoms with van der Waals surface area (Å²) in [7, 11) is 0. The highest BCUT2D eigenvalue weighted by Crippen LogP contribution is 2.36.